The number of aryl methyl sites for hydroxylation is 3. The van der Waals surface area contributed by atoms with E-state index in [2.05, 4.69) is 10.3 Å². The van der Waals surface area contributed by atoms with Gasteiger partial charge in [0.15, 0.2) is 0 Å². The zero-order chi connectivity index (χ0) is 45.9. The number of carbonyl (C=O) groups is 3. The summed E-state index contributed by atoms with van der Waals surface area (Å²) in [4.78, 5) is 50.8. The molecule has 2 aliphatic rings. The summed E-state index contributed by atoms with van der Waals surface area (Å²) in [5.41, 5.74) is 6.15. The van der Waals surface area contributed by atoms with E-state index < -0.39 is 19.4 Å². The average molecular weight is 895 g/mol. The Morgan fingerprint density at radius 3 is 2.39 bits per heavy atom. The molecule has 0 fully saturated rings. The third-order valence-electron chi connectivity index (χ3n) is 11.6. The van der Waals surface area contributed by atoms with Gasteiger partial charge < -0.3 is 38.4 Å². The summed E-state index contributed by atoms with van der Waals surface area (Å²) in [7, 11) is 4.49. The average Bonchev–Trinajstić information content (AvgIpc) is 4.12. The molecule has 6 rings (SSSR count). The van der Waals surface area contributed by atoms with E-state index in [9.17, 15) is 18.7 Å². The smallest absolute Gasteiger partial charge is 0.492 e. The number of hydrogen-bond acceptors (Lipinski definition) is 7. The van der Waals surface area contributed by atoms with Gasteiger partial charge in [-0.15, -0.1) is 11.3 Å². The molecule has 17 heteroatoms. The Morgan fingerprint density at radius 1 is 0.984 bits per heavy atom. The van der Waals surface area contributed by atoms with Crippen molar-refractivity contribution in [2.24, 2.45) is 4.99 Å². The summed E-state index contributed by atoms with van der Waals surface area (Å²) < 4.78 is 53.0. The first kappa shape index (κ1) is 47.8. The molecule has 0 saturated carbocycles. The molecule has 5 heterocycles. The molecule has 64 heavy (non-hydrogen) atoms. The Kier molecular flexibility index (Phi) is 16.6. The molecule has 2 aliphatic heterocycles. The van der Waals surface area contributed by atoms with Crippen LogP contribution in [0.2, 0.25) is 0 Å². The molecule has 3 aromatic heterocycles. The summed E-state index contributed by atoms with van der Waals surface area (Å²) in [6.07, 6.45) is 11.1. The molecule has 3 amide bonds. The summed E-state index contributed by atoms with van der Waals surface area (Å²) in [5.74, 6) is -0.169. The van der Waals surface area contributed by atoms with E-state index in [4.69, 9.17) is 9.73 Å². The maximum Gasteiger partial charge on any atom is 0.674 e. The lowest BCUT2D eigenvalue weighted by Crippen LogP contribution is -2.33. The number of rotatable bonds is 22. The molecule has 1 radical (unpaired) electrons. The normalized spacial score (nSPS) is 16.8. The van der Waals surface area contributed by atoms with Crippen LogP contribution in [0.5, 0.6) is 5.75 Å². The Morgan fingerprint density at radius 2 is 1.73 bits per heavy atom. The minimum Gasteiger partial charge on any atom is -0.492 e. The predicted octanol–water partition coefficient (Wildman–Crippen LogP) is 8.57. The Labute approximate surface area is 379 Å². The maximum atomic E-state index is 15.2. The van der Waals surface area contributed by atoms with Gasteiger partial charge in [-0.1, -0.05) is 30.7 Å². The van der Waals surface area contributed by atoms with Crippen LogP contribution in [0.15, 0.2) is 94.5 Å². The number of allylic oxidation sites excluding steroid dienone is 2. The molecule has 0 saturated heterocycles. The highest BCUT2D eigenvalue weighted by Gasteiger charge is 2.40. The van der Waals surface area contributed by atoms with Crippen molar-refractivity contribution in [2.45, 2.75) is 83.2 Å². The van der Waals surface area contributed by atoms with E-state index in [0.29, 0.717) is 66.8 Å². The maximum absolute atomic E-state index is 15.2. The number of hydrogen-bond donors (Lipinski definition) is 2. The van der Waals surface area contributed by atoms with Gasteiger partial charge in [0.05, 0.1) is 12.0 Å². The number of aromatic amines is 1. The number of nitrogens with one attached hydrogen (secondary N) is 2. The number of H-pyrrole nitrogens is 1. The van der Waals surface area contributed by atoms with Crippen LogP contribution in [0, 0.1) is 13.8 Å². The molecule has 4 aromatic rings. The summed E-state index contributed by atoms with van der Waals surface area (Å²) in [5, 5.41) is 4.95. The van der Waals surface area contributed by atoms with Crippen molar-refractivity contribution in [3.05, 3.63) is 128 Å². The zero-order valence-electron chi connectivity index (χ0n) is 37.5. The number of carbonyl (C=O) groups excluding carboxylic acids is 3. The van der Waals surface area contributed by atoms with Crippen molar-refractivity contribution in [3.8, 4) is 5.75 Å². The van der Waals surface area contributed by atoms with Gasteiger partial charge >= 0.3 is 15.1 Å². The molecular formula is C47H57B2F3N7O4S. The van der Waals surface area contributed by atoms with Gasteiger partial charge in [0.25, 0.3) is 0 Å². The minimum atomic E-state index is -2.85. The first-order chi connectivity index (χ1) is 30.7. The second-order valence-electron chi connectivity index (χ2n) is 16.7. The Hall–Kier alpha value is -5.70. The Balaban J connectivity index is 1.20. The first-order valence-electron chi connectivity index (χ1n) is 21.7. The van der Waals surface area contributed by atoms with Crippen LogP contribution in [0.3, 0.4) is 0 Å². The van der Waals surface area contributed by atoms with E-state index in [0.717, 1.165) is 45.9 Å². The second-order valence-corrected chi connectivity index (χ2v) is 17.7. The standard InChI is InChI=1S/C47H57B2F3N7O4S/c1-31-27-32(2)54-41(31)29-36-28-34(15-23-44(60)53-25-9-7-8-12-45(61)56(3)4)47(59(36)49(51)52)33-13-18-37(19-14-33)63-30-38(39-20-21-40(55-39)43-11-10-26-64-43)42-22-16-35(58(42)48-50)17-24-46(62)57(5)6/h10-11,13-14,16,18-22,26-29,38,40,47,54H,7-9,12,15,17,23-25,30H2,1-6H3,(H,53,60). The van der Waals surface area contributed by atoms with Crippen molar-refractivity contribution >= 4 is 55.9 Å². The molecule has 0 aliphatic carbocycles. The fourth-order valence-electron chi connectivity index (χ4n) is 8.10. The van der Waals surface area contributed by atoms with E-state index in [-0.39, 0.29) is 49.6 Å². The molecule has 0 bridgehead atoms. The van der Waals surface area contributed by atoms with Crippen molar-refractivity contribution in [1.29, 1.82) is 0 Å². The van der Waals surface area contributed by atoms with Gasteiger partial charge in [-0.25, -0.2) is 0 Å². The summed E-state index contributed by atoms with van der Waals surface area (Å²) in [6.45, 7) is 4.40. The minimum absolute atomic E-state index is 0.0626. The lowest BCUT2D eigenvalue weighted by molar-refractivity contribution is -0.129. The number of ether oxygens (including phenoxy) is 1. The van der Waals surface area contributed by atoms with Crippen molar-refractivity contribution in [2.75, 3.05) is 41.3 Å². The lowest BCUT2D eigenvalue weighted by Gasteiger charge is -2.28. The van der Waals surface area contributed by atoms with Crippen LogP contribution in [-0.4, -0.2) is 104 Å². The quantitative estimate of drug-likeness (QED) is 0.0607. The SMILES string of the molecule is Cc1cc(C)c(C=C2C=C(CCC(=O)NCCCCCC(=O)N(C)C)C(c3ccc(OCC(C4=NC(c5cccs5)C=C4)c4ccc(CCC(=O)N(C)C)n4[B]F)cc3)N2B(F)F)[nH]1. The number of unbranched alkanes of at least 4 members (excludes halogenated alkanes) is 2. The molecule has 3 atom stereocenters. The fraction of sp³-hybridized carbons (Fsp3) is 0.404. The van der Waals surface area contributed by atoms with E-state index in [1.807, 2.05) is 61.7 Å². The molecule has 337 valence electrons. The molecule has 1 aromatic carbocycles. The van der Waals surface area contributed by atoms with E-state index in [1.54, 1.807) is 80.8 Å². The number of aliphatic imine (C=N–C) groups is 1. The van der Waals surface area contributed by atoms with Crippen LogP contribution in [0.25, 0.3) is 6.08 Å². The predicted molar refractivity (Wildman–Crippen MR) is 250 cm³/mol. The fourth-order valence-corrected chi connectivity index (χ4v) is 8.84. The second kappa shape index (κ2) is 22.3. The van der Waals surface area contributed by atoms with Gasteiger partial charge in [0.2, 0.25) is 17.7 Å². The third-order valence-corrected chi connectivity index (χ3v) is 12.5. The number of halogens is 3. The molecule has 3 unspecified atom stereocenters. The van der Waals surface area contributed by atoms with Gasteiger partial charge in [0.1, 0.15) is 18.4 Å². The van der Waals surface area contributed by atoms with Crippen molar-refractivity contribution in [3.63, 3.8) is 0 Å². The van der Waals surface area contributed by atoms with E-state index in [1.165, 1.54) is 9.38 Å². The largest absolute Gasteiger partial charge is 0.674 e. The lowest BCUT2D eigenvalue weighted by atomic mass is 9.93. The van der Waals surface area contributed by atoms with Gasteiger partial charge in [0, 0.05) is 93.1 Å². The van der Waals surface area contributed by atoms with Crippen LogP contribution in [0.4, 0.5) is 12.9 Å². The van der Waals surface area contributed by atoms with Gasteiger partial charge in [-0.3, -0.25) is 28.0 Å². The molecular weight excluding hydrogens is 837 g/mol. The van der Waals surface area contributed by atoms with Crippen LogP contribution >= 0.6 is 11.3 Å². The number of amides is 3. The highest BCUT2D eigenvalue weighted by Crippen LogP contribution is 2.43. The van der Waals surface area contributed by atoms with Crippen LogP contribution in [-0.2, 0) is 20.8 Å². The Bertz CT molecular complexity index is 2360. The van der Waals surface area contributed by atoms with Crippen LogP contribution in [0.1, 0.15) is 102 Å². The summed E-state index contributed by atoms with van der Waals surface area (Å²) in [6, 6.07) is 15.6. The number of aromatic nitrogens is 2. The molecule has 2 N–H and O–H groups in total. The number of nitrogens with zero attached hydrogens (tertiary/aromatic N) is 5. The van der Waals surface area contributed by atoms with Gasteiger partial charge in [-0.2, -0.15) is 0 Å². The molecule has 11 nitrogen and oxygen atoms in total. The van der Waals surface area contributed by atoms with Crippen molar-refractivity contribution < 1.29 is 32.1 Å². The van der Waals surface area contributed by atoms with Gasteiger partial charge in [-0.05, 0) is 116 Å². The number of thiophene rings is 1. The van der Waals surface area contributed by atoms with E-state index >= 15 is 8.63 Å². The monoisotopic (exact) mass is 894 g/mol. The van der Waals surface area contributed by atoms with Crippen molar-refractivity contribution in [1.82, 2.24) is 29.4 Å². The topological polar surface area (TPSA) is 115 Å². The first-order valence-corrected chi connectivity index (χ1v) is 22.6. The highest BCUT2D eigenvalue weighted by molar-refractivity contribution is 7.10. The zero-order valence-corrected chi connectivity index (χ0v) is 38.3. The molecule has 0 spiro atoms. The van der Waals surface area contributed by atoms with Crippen LogP contribution < -0.4 is 10.1 Å². The summed E-state index contributed by atoms with van der Waals surface area (Å²) >= 11 is 1.60. The third kappa shape index (κ3) is 12.1. The number of benzene rings is 1. The highest BCUT2D eigenvalue weighted by atomic mass is 32.1.